The van der Waals surface area contributed by atoms with Gasteiger partial charge in [0.05, 0.1) is 26.1 Å². The smallest absolute Gasteiger partial charge is 0.264 e. The van der Waals surface area contributed by atoms with Gasteiger partial charge in [-0.1, -0.05) is 6.07 Å². The molecule has 0 spiro atoms. The molecule has 1 atom stereocenters. The molecular weight excluding hydrogens is 270 g/mol. The number of anilines is 1. The van der Waals surface area contributed by atoms with Crippen molar-refractivity contribution < 1.29 is 17.8 Å². The molecule has 21 heavy (non-hydrogen) atoms. The number of rotatable bonds is 1. The number of hydrogen-bond donors (Lipinski definition) is 1. The summed E-state index contributed by atoms with van der Waals surface area (Å²) in [6.07, 6.45) is -7.57. The third-order valence-corrected chi connectivity index (χ3v) is 3.15. The summed E-state index contributed by atoms with van der Waals surface area (Å²) in [6, 6.07) is -0.622. The first-order valence-corrected chi connectivity index (χ1v) is 6.14. The summed E-state index contributed by atoms with van der Waals surface area (Å²) in [7, 11) is 0. The first kappa shape index (κ1) is 8.07. The van der Waals surface area contributed by atoms with E-state index in [0.29, 0.717) is 4.57 Å². The predicted octanol–water partition coefficient (Wildman–Crippen LogP) is 1.15. The Morgan fingerprint density at radius 1 is 1.52 bits per heavy atom. The topological polar surface area (TPSA) is 95.0 Å². The van der Waals surface area contributed by atoms with Crippen molar-refractivity contribution >= 4 is 28.2 Å². The zero-order valence-electron chi connectivity index (χ0n) is 17.1. The summed E-state index contributed by atoms with van der Waals surface area (Å²) in [6.45, 7) is 1.23. The maximum Gasteiger partial charge on any atom is 0.264 e. The van der Waals surface area contributed by atoms with E-state index < -0.39 is 42.3 Å². The van der Waals surface area contributed by atoms with E-state index in [9.17, 15) is 14.4 Å². The van der Waals surface area contributed by atoms with Crippen LogP contribution in [0.5, 0.6) is 0 Å². The molecular formula is C15H15N3O3. The van der Waals surface area contributed by atoms with E-state index in [-0.39, 0.29) is 28.5 Å². The van der Waals surface area contributed by atoms with E-state index in [1.807, 2.05) is 0 Å². The number of carbonyl (C=O) groups is 2. The highest BCUT2D eigenvalue weighted by Gasteiger charge is 2.30. The molecule has 6 heteroatoms. The molecule has 108 valence electrons. The van der Waals surface area contributed by atoms with Crippen molar-refractivity contribution in [1.82, 2.24) is 9.55 Å². The van der Waals surface area contributed by atoms with Crippen molar-refractivity contribution in [3.05, 3.63) is 34.4 Å². The number of benzene rings is 1. The molecule has 0 radical (unpaired) electrons. The Morgan fingerprint density at radius 2 is 2.29 bits per heavy atom. The number of nitrogens with two attached hydrogens (primary N) is 1. The molecule has 1 saturated carbocycles. The van der Waals surface area contributed by atoms with Crippen LogP contribution in [-0.2, 0) is 9.59 Å². The Hall–Kier alpha value is -2.50. The van der Waals surface area contributed by atoms with Crippen LogP contribution in [0.15, 0.2) is 23.0 Å². The maximum absolute atomic E-state index is 13.1. The van der Waals surface area contributed by atoms with Gasteiger partial charge >= 0.3 is 0 Å². The van der Waals surface area contributed by atoms with Crippen LogP contribution >= 0.6 is 0 Å². The molecule has 1 fully saturated rings. The molecule has 0 aliphatic heterocycles. The van der Waals surface area contributed by atoms with Gasteiger partial charge in [0.2, 0.25) is 0 Å². The maximum atomic E-state index is 13.1. The third-order valence-electron chi connectivity index (χ3n) is 3.15. The summed E-state index contributed by atoms with van der Waals surface area (Å²) >= 11 is 0. The standard InChI is InChI=1S/C15H15N3O3/c1-8-17-11-4-2-3-10(16)14(11)15(21)18(8)12-6-5-9(19)7-13(12)20/h2-4,12H,5-7,16H2,1H3/i4D,5D2,6D2,12D. The van der Waals surface area contributed by atoms with Crippen molar-refractivity contribution in [3.8, 4) is 0 Å². The molecule has 1 aromatic carbocycles. The van der Waals surface area contributed by atoms with Crippen LogP contribution in [0.4, 0.5) is 5.69 Å². The lowest BCUT2D eigenvalue weighted by Crippen LogP contribution is -2.36. The van der Waals surface area contributed by atoms with E-state index in [2.05, 4.69) is 4.98 Å². The van der Waals surface area contributed by atoms with Crippen LogP contribution in [0.3, 0.4) is 0 Å². The van der Waals surface area contributed by atoms with Crippen molar-refractivity contribution in [2.75, 3.05) is 5.73 Å². The van der Waals surface area contributed by atoms with Gasteiger partial charge in [0, 0.05) is 17.5 Å². The Bertz CT molecular complexity index is 1080. The van der Waals surface area contributed by atoms with Crippen LogP contribution in [-0.4, -0.2) is 21.1 Å². The van der Waals surface area contributed by atoms with Gasteiger partial charge in [-0.25, -0.2) is 4.98 Å². The lowest BCUT2D eigenvalue weighted by molar-refractivity contribution is -0.132. The summed E-state index contributed by atoms with van der Waals surface area (Å²) in [4.78, 5) is 41.5. The number of hydrogen-bond acceptors (Lipinski definition) is 5. The van der Waals surface area contributed by atoms with Crippen molar-refractivity contribution in [3.63, 3.8) is 0 Å². The van der Waals surface area contributed by atoms with Crippen LogP contribution in [0.25, 0.3) is 10.9 Å². The Kier molecular flexibility index (Phi) is 1.84. The summed E-state index contributed by atoms with van der Waals surface area (Å²) in [5.74, 6) is -2.84. The average Bonchev–Trinajstić information content (AvgIpc) is 2.56. The normalized spacial score (nSPS) is 31.7. The fourth-order valence-electron chi connectivity index (χ4n) is 2.20. The van der Waals surface area contributed by atoms with Crippen molar-refractivity contribution in [1.29, 1.82) is 0 Å². The fraction of sp³-hybridized carbons (Fsp3) is 0.333. The predicted molar refractivity (Wildman–Crippen MR) is 78.1 cm³/mol. The van der Waals surface area contributed by atoms with E-state index in [1.54, 1.807) is 0 Å². The van der Waals surface area contributed by atoms with Crippen molar-refractivity contribution in [2.24, 2.45) is 0 Å². The molecule has 1 aliphatic carbocycles. The first-order chi connectivity index (χ1) is 12.3. The van der Waals surface area contributed by atoms with Crippen LogP contribution in [0.2, 0.25) is 0 Å². The van der Waals surface area contributed by atoms with E-state index in [0.717, 1.165) is 0 Å². The fourth-order valence-corrected chi connectivity index (χ4v) is 2.20. The van der Waals surface area contributed by atoms with Gasteiger partial charge in [-0.05, 0) is 25.4 Å². The number of fused-ring (bicyclic) bond motifs is 1. The van der Waals surface area contributed by atoms with E-state index in [4.69, 9.17) is 14.0 Å². The molecule has 0 saturated heterocycles. The Morgan fingerprint density at radius 3 is 3.05 bits per heavy atom. The first-order valence-electron chi connectivity index (χ1n) is 9.14. The quantitative estimate of drug-likeness (QED) is 0.628. The van der Waals surface area contributed by atoms with Gasteiger partial charge in [-0.15, -0.1) is 0 Å². The van der Waals surface area contributed by atoms with E-state index in [1.165, 1.54) is 19.1 Å². The van der Waals surface area contributed by atoms with Gasteiger partial charge in [0.15, 0.2) is 5.78 Å². The minimum absolute atomic E-state index is 0.0831. The van der Waals surface area contributed by atoms with E-state index >= 15 is 0 Å². The van der Waals surface area contributed by atoms with Gasteiger partial charge in [0.25, 0.3) is 5.56 Å². The van der Waals surface area contributed by atoms with Gasteiger partial charge in [0.1, 0.15) is 11.6 Å². The highest BCUT2D eigenvalue weighted by atomic mass is 16.2. The monoisotopic (exact) mass is 291 g/mol. The molecule has 1 aliphatic rings. The molecule has 3 rings (SSSR count). The van der Waals surface area contributed by atoms with Crippen LogP contribution in [0.1, 0.15) is 39.2 Å². The summed E-state index contributed by atoms with van der Waals surface area (Å²) in [5, 5.41) is -0.277. The lowest BCUT2D eigenvalue weighted by atomic mass is 9.92. The van der Waals surface area contributed by atoms with Crippen LogP contribution < -0.4 is 11.3 Å². The average molecular weight is 291 g/mol. The molecule has 2 N–H and O–H groups in total. The summed E-state index contributed by atoms with van der Waals surface area (Å²) in [5.41, 5.74) is 4.57. The highest BCUT2D eigenvalue weighted by Crippen LogP contribution is 2.24. The molecule has 2 aromatic rings. The molecule has 6 nitrogen and oxygen atoms in total. The minimum atomic E-state index is -3.36. The van der Waals surface area contributed by atoms with Gasteiger partial charge in [-0.3, -0.25) is 19.0 Å². The lowest BCUT2D eigenvalue weighted by Gasteiger charge is -2.24. The highest BCUT2D eigenvalue weighted by molar-refractivity contribution is 6.03. The number of Topliss-reactive ketones (excluding diaryl/α,β-unsaturated/α-hetero) is 2. The van der Waals surface area contributed by atoms with Crippen molar-refractivity contribution in [2.45, 2.75) is 32.1 Å². The molecule has 0 bridgehead atoms. The number of nitrogen functional groups attached to an aromatic ring is 1. The molecule has 1 heterocycles. The zero-order chi connectivity index (χ0) is 20.5. The SMILES string of the molecule is [2H]c1ccc(N)c2c(=O)n(C3([2H])C(=O)CC(=O)C([2H])([2H])C3([2H])[2H])c(C)nc12. The number of aryl methyl sites for hydroxylation is 1. The number of nitrogens with zero attached hydrogens (tertiary/aromatic N) is 2. The van der Waals surface area contributed by atoms with Gasteiger partial charge < -0.3 is 5.73 Å². The third kappa shape index (κ3) is 2.12. The number of aromatic nitrogens is 2. The molecule has 1 aromatic heterocycles. The second-order valence-corrected chi connectivity index (χ2v) is 4.58. The Labute approximate surface area is 129 Å². The molecule has 0 amide bonds. The number of carbonyl (C=O) groups excluding carboxylic acids is 2. The largest absolute Gasteiger partial charge is 0.398 e. The second-order valence-electron chi connectivity index (χ2n) is 4.58. The zero-order valence-corrected chi connectivity index (χ0v) is 11.1. The van der Waals surface area contributed by atoms with Gasteiger partial charge in [-0.2, -0.15) is 0 Å². The number of ketones is 2. The Balaban J connectivity index is 2.48. The second kappa shape index (κ2) is 4.80. The van der Waals surface area contributed by atoms with Crippen LogP contribution in [0, 0.1) is 6.92 Å². The summed E-state index contributed by atoms with van der Waals surface area (Å²) < 4.78 is 48.6. The molecule has 1 unspecified atom stereocenters. The minimum Gasteiger partial charge on any atom is -0.398 e.